The van der Waals surface area contributed by atoms with E-state index in [9.17, 15) is 14.0 Å². The number of carbonyl (C=O) groups is 2. The van der Waals surface area contributed by atoms with Crippen LogP contribution in [0.5, 0.6) is 0 Å². The minimum Gasteiger partial charge on any atom is -0.449 e. The summed E-state index contributed by atoms with van der Waals surface area (Å²) in [5.41, 5.74) is 1.89. The zero-order chi connectivity index (χ0) is 24.7. The molecule has 3 aliphatic carbocycles. The number of amides is 2. The number of ether oxygens (including phenoxy) is 1. The molecule has 6 nitrogen and oxygen atoms in total. The Morgan fingerprint density at radius 1 is 1.14 bits per heavy atom. The highest BCUT2D eigenvalue weighted by atomic mass is 19.1. The maximum Gasteiger partial charge on any atom is 0.410 e. The Labute approximate surface area is 213 Å². The molecule has 7 heteroatoms. The zero-order valence-electron chi connectivity index (χ0n) is 21.4. The van der Waals surface area contributed by atoms with Gasteiger partial charge in [-0.1, -0.05) is 13.3 Å². The van der Waals surface area contributed by atoms with Crippen LogP contribution in [0.15, 0.2) is 18.2 Å². The minimum atomic E-state index is -0.203. The highest BCUT2D eigenvalue weighted by Gasteiger charge is 2.75. The van der Waals surface area contributed by atoms with E-state index in [4.69, 9.17) is 4.74 Å². The van der Waals surface area contributed by atoms with Gasteiger partial charge in [-0.25, -0.2) is 9.18 Å². The van der Waals surface area contributed by atoms with E-state index in [-0.39, 0.29) is 34.7 Å². The highest BCUT2D eigenvalue weighted by molar-refractivity contribution is 5.98. The largest absolute Gasteiger partial charge is 0.449 e. The molecular formula is C29H38FN3O3. The van der Waals surface area contributed by atoms with E-state index in [1.54, 1.807) is 6.07 Å². The van der Waals surface area contributed by atoms with Crippen LogP contribution in [0.1, 0.15) is 76.7 Å². The monoisotopic (exact) mass is 495 g/mol. The van der Waals surface area contributed by atoms with Crippen molar-refractivity contribution >= 4 is 17.7 Å². The molecule has 0 radical (unpaired) electrons. The van der Waals surface area contributed by atoms with Gasteiger partial charge in [-0.15, -0.1) is 0 Å². The van der Waals surface area contributed by atoms with Crippen LogP contribution < -0.4 is 4.90 Å². The van der Waals surface area contributed by atoms with E-state index in [1.165, 1.54) is 18.9 Å². The molecule has 0 bridgehead atoms. The van der Waals surface area contributed by atoms with Crippen LogP contribution in [0.2, 0.25) is 0 Å². The van der Waals surface area contributed by atoms with Crippen LogP contribution in [0.3, 0.4) is 0 Å². The summed E-state index contributed by atoms with van der Waals surface area (Å²) in [5.74, 6) is 0.778. The predicted molar refractivity (Wildman–Crippen MR) is 134 cm³/mol. The molecule has 1 aromatic carbocycles. The molecule has 3 heterocycles. The number of nitrogens with zero attached hydrogens (tertiary/aromatic N) is 3. The summed E-state index contributed by atoms with van der Waals surface area (Å²) in [4.78, 5) is 32.7. The molecule has 194 valence electrons. The zero-order valence-corrected chi connectivity index (χ0v) is 21.4. The van der Waals surface area contributed by atoms with Crippen LogP contribution in [0, 0.1) is 17.7 Å². The SMILES string of the molecule is CCCOC(=O)N1C2CCC3CC(N4CCC5(CC4)CN(C(=O)C4CCC4)c4ccc(F)cc45)CC321. The lowest BCUT2D eigenvalue weighted by Crippen LogP contribution is -2.49. The van der Waals surface area contributed by atoms with Crippen molar-refractivity contribution in [3.05, 3.63) is 29.6 Å². The van der Waals surface area contributed by atoms with Crippen molar-refractivity contribution in [2.45, 2.75) is 94.2 Å². The predicted octanol–water partition coefficient (Wildman–Crippen LogP) is 4.85. The summed E-state index contributed by atoms with van der Waals surface area (Å²) >= 11 is 0. The van der Waals surface area contributed by atoms with Gasteiger partial charge in [0.2, 0.25) is 5.91 Å². The molecule has 5 fully saturated rings. The van der Waals surface area contributed by atoms with E-state index < -0.39 is 0 Å². The third-order valence-corrected chi connectivity index (χ3v) is 10.8. The summed E-state index contributed by atoms with van der Waals surface area (Å²) < 4.78 is 19.9. The quantitative estimate of drug-likeness (QED) is 0.561. The van der Waals surface area contributed by atoms with Gasteiger partial charge in [-0.2, -0.15) is 0 Å². The Kier molecular flexibility index (Phi) is 5.22. The molecule has 36 heavy (non-hydrogen) atoms. The van der Waals surface area contributed by atoms with Crippen molar-refractivity contribution in [3.8, 4) is 0 Å². The number of halogens is 1. The van der Waals surface area contributed by atoms with Crippen molar-refractivity contribution in [2.24, 2.45) is 11.8 Å². The number of benzene rings is 1. The molecule has 2 saturated heterocycles. The normalized spacial score (nSPS) is 34.3. The summed E-state index contributed by atoms with van der Waals surface area (Å²) in [5, 5.41) is 0. The molecule has 0 N–H and O–H groups in total. The number of fused-ring (bicyclic) bond motifs is 2. The van der Waals surface area contributed by atoms with Gasteiger partial charge in [0.1, 0.15) is 5.82 Å². The molecule has 1 aromatic rings. The molecule has 3 aliphatic heterocycles. The van der Waals surface area contributed by atoms with E-state index >= 15 is 0 Å². The Morgan fingerprint density at radius 3 is 2.67 bits per heavy atom. The van der Waals surface area contributed by atoms with Gasteiger partial charge >= 0.3 is 6.09 Å². The van der Waals surface area contributed by atoms with Crippen LogP contribution >= 0.6 is 0 Å². The van der Waals surface area contributed by atoms with Crippen LogP contribution in [0.25, 0.3) is 0 Å². The van der Waals surface area contributed by atoms with Gasteiger partial charge in [0.15, 0.2) is 0 Å². The second-order valence-electron chi connectivity index (χ2n) is 12.4. The Morgan fingerprint density at radius 2 is 1.94 bits per heavy atom. The van der Waals surface area contributed by atoms with E-state index in [0.29, 0.717) is 31.2 Å². The van der Waals surface area contributed by atoms with Gasteiger partial charge in [-0.05, 0) is 101 Å². The second kappa shape index (κ2) is 8.17. The molecule has 2 amide bonds. The minimum absolute atomic E-state index is 0.0414. The first kappa shape index (κ1) is 23.0. The lowest BCUT2D eigenvalue weighted by Gasteiger charge is -2.42. The first-order valence-electron chi connectivity index (χ1n) is 14.3. The maximum atomic E-state index is 14.4. The number of rotatable bonds is 4. The van der Waals surface area contributed by atoms with E-state index in [0.717, 1.165) is 75.7 Å². The second-order valence-corrected chi connectivity index (χ2v) is 12.4. The Balaban J connectivity index is 1.05. The lowest BCUT2D eigenvalue weighted by atomic mass is 9.74. The Bertz CT molecular complexity index is 1080. The number of hydrogen-bond donors (Lipinski definition) is 0. The van der Waals surface area contributed by atoms with Gasteiger partial charge in [-0.3, -0.25) is 9.69 Å². The molecule has 4 atom stereocenters. The van der Waals surface area contributed by atoms with Crippen LogP contribution in [-0.2, 0) is 14.9 Å². The van der Waals surface area contributed by atoms with Gasteiger partial charge in [0.25, 0.3) is 0 Å². The van der Waals surface area contributed by atoms with Crippen molar-refractivity contribution in [2.75, 3.05) is 31.1 Å². The smallest absolute Gasteiger partial charge is 0.410 e. The van der Waals surface area contributed by atoms with Crippen molar-refractivity contribution in [3.63, 3.8) is 0 Å². The van der Waals surface area contributed by atoms with Crippen molar-refractivity contribution < 1.29 is 18.7 Å². The van der Waals surface area contributed by atoms with E-state index in [1.807, 2.05) is 17.9 Å². The number of piperidine rings is 2. The summed E-state index contributed by atoms with van der Waals surface area (Å²) in [6, 6.07) is 5.92. The number of likely N-dealkylation sites (tertiary alicyclic amines) is 2. The summed E-state index contributed by atoms with van der Waals surface area (Å²) in [7, 11) is 0. The third-order valence-electron chi connectivity index (χ3n) is 10.8. The molecule has 0 aromatic heterocycles. The van der Waals surface area contributed by atoms with Gasteiger partial charge in [0.05, 0.1) is 18.2 Å². The van der Waals surface area contributed by atoms with Crippen molar-refractivity contribution in [1.82, 2.24) is 9.80 Å². The van der Waals surface area contributed by atoms with Gasteiger partial charge < -0.3 is 14.5 Å². The average Bonchev–Trinajstić information content (AvgIpc) is 3.09. The Hall–Kier alpha value is -2.15. The fourth-order valence-corrected chi connectivity index (χ4v) is 8.67. The molecule has 3 saturated carbocycles. The van der Waals surface area contributed by atoms with Crippen LogP contribution in [0.4, 0.5) is 14.9 Å². The van der Waals surface area contributed by atoms with Crippen molar-refractivity contribution in [1.29, 1.82) is 0 Å². The molecule has 7 rings (SSSR count). The highest BCUT2D eigenvalue weighted by Crippen LogP contribution is 2.65. The first-order chi connectivity index (χ1) is 17.5. The molecular weight excluding hydrogens is 457 g/mol. The molecule has 4 unspecified atom stereocenters. The van der Waals surface area contributed by atoms with E-state index in [2.05, 4.69) is 9.80 Å². The standard InChI is InChI=1S/C29H38FN3O3/c1-2-14-36-27(35)33-25-9-6-20-15-22(17-29(20,25)33)31-12-10-28(11-13-31)18-32(26(34)19-4-3-5-19)24-8-7-21(30)16-23(24)28/h7-8,16,19-20,22,25H,2-6,9-15,17-18H2,1H3. The number of hydrogen-bond acceptors (Lipinski definition) is 4. The van der Waals surface area contributed by atoms with Crippen LogP contribution in [-0.4, -0.2) is 65.7 Å². The molecule has 2 spiro atoms. The summed E-state index contributed by atoms with van der Waals surface area (Å²) in [6.07, 6.45) is 10.3. The lowest BCUT2D eigenvalue weighted by molar-refractivity contribution is -0.124. The maximum absolute atomic E-state index is 14.4. The fraction of sp³-hybridized carbons (Fsp3) is 0.724. The average molecular weight is 496 g/mol. The number of anilines is 1. The first-order valence-corrected chi connectivity index (χ1v) is 14.3. The summed E-state index contributed by atoms with van der Waals surface area (Å²) in [6.45, 7) is 5.18. The topological polar surface area (TPSA) is 52.9 Å². The fourth-order valence-electron chi connectivity index (χ4n) is 8.67. The third kappa shape index (κ3) is 3.17. The van der Waals surface area contributed by atoms with Gasteiger partial charge in [0, 0.05) is 29.6 Å². The molecule has 6 aliphatic rings. The number of carbonyl (C=O) groups excluding carboxylic acids is 2.